The monoisotopic (exact) mass is 392 g/mol. The summed E-state index contributed by atoms with van der Waals surface area (Å²) >= 11 is 0. The van der Waals surface area contributed by atoms with Gasteiger partial charge in [0.1, 0.15) is 16.6 Å². The highest BCUT2D eigenvalue weighted by Crippen LogP contribution is 2.37. The van der Waals surface area contributed by atoms with Crippen molar-refractivity contribution in [3.8, 4) is 0 Å². The van der Waals surface area contributed by atoms with Gasteiger partial charge in [-0.15, -0.1) is 0 Å². The molecule has 3 rings (SSSR count). The molecule has 142 valence electrons. The predicted molar refractivity (Wildman–Crippen MR) is 80.3 cm³/mol. The minimum Gasteiger partial charge on any atom is -0.380 e. The van der Waals surface area contributed by atoms with E-state index in [0.29, 0.717) is 18.1 Å². The SMILES string of the molecule is CO[C@H]1C[C@H](c2nc(C)no2)N(S(=O)(=O)c2ccc(C(F)(F)F)nc2)C1. The molecule has 1 fully saturated rings. The van der Waals surface area contributed by atoms with Gasteiger partial charge >= 0.3 is 6.18 Å². The van der Waals surface area contributed by atoms with Gasteiger partial charge in [-0.3, -0.25) is 4.98 Å². The van der Waals surface area contributed by atoms with E-state index in [9.17, 15) is 21.6 Å². The van der Waals surface area contributed by atoms with Crippen LogP contribution in [0.4, 0.5) is 13.2 Å². The van der Waals surface area contributed by atoms with E-state index < -0.39 is 34.0 Å². The van der Waals surface area contributed by atoms with Crippen LogP contribution in [0.1, 0.15) is 29.9 Å². The molecule has 1 aliphatic rings. The number of sulfonamides is 1. The molecule has 2 atom stereocenters. The summed E-state index contributed by atoms with van der Waals surface area (Å²) in [5.41, 5.74) is -1.17. The van der Waals surface area contributed by atoms with Crippen LogP contribution in [0.2, 0.25) is 0 Å². The third kappa shape index (κ3) is 3.44. The van der Waals surface area contributed by atoms with Crippen LogP contribution in [-0.4, -0.2) is 47.6 Å². The third-order valence-electron chi connectivity index (χ3n) is 4.01. The Morgan fingerprint density at radius 3 is 2.58 bits per heavy atom. The summed E-state index contributed by atoms with van der Waals surface area (Å²) in [6, 6.07) is 0.734. The molecule has 1 aliphatic heterocycles. The number of aromatic nitrogens is 3. The summed E-state index contributed by atoms with van der Waals surface area (Å²) in [4.78, 5) is 6.92. The average molecular weight is 392 g/mol. The van der Waals surface area contributed by atoms with Crippen molar-refractivity contribution in [3.05, 3.63) is 35.7 Å². The van der Waals surface area contributed by atoms with E-state index >= 15 is 0 Å². The van der Waals surface area contributed by atoms with Crippen molar-refractivity contribution in [1.82, 2.24) is 19.4 Å². The number of hydrogen-bond acceptors (Lipinski definition) is 7. The maximum atomic E-state index is 12.9. The van der Waals surface area contributed by atoms with Crippen LogP contribution in [0, 0.1) is 6.92 Å². The van der Waals surface area contributed by atoms with Crippen molar-refractivity contribution < 1.29 is 30.8 Å². The first kappa shape index (κ1) is 18.7. The molecule has 0 amide bonds. The lowest BCUT2D eigenvalue weighted by atomic mass is 10.2. The van der Waals surface area contributed by atoms with E-state index in [-0.39, 0.29) is 23.8 Å². The minimum atomic E-state index is -4.65. The van der Waals surface area contributed by atoms with Crippen LogP contribution in [0.25, 0.3) is 0 Å². The summed E-state index contributed by atoms with van der Waals surface area (Å²) in [5.74, 6) is 0.444. The molecule has 0 aliphatic carbocycles. The summed E-state index contributed by atoms with van der Waals surface area (Å²) < 4.78 is 75.1. The predicted octanol–water partition coefficient (Wildman–Crippen LogP) is 1.94. The van der Waals surface area contributed by atoms with E-state index in [1.165, 1.54) is 7.11 Å². The van der Waals surface area contributed by atoms with Gasteiger partial charge in [-0.05, 0) is 19.1 Å². The van der Waals surface area contributed by atoms with E-state index in [4.69, 9.17) is 9.26 Å². The zero-order valence-corrected chi connectivity index (χ0v) is 14.6. The molecule has 12 heteroatoms. The fourth-order valence-electron chi connectivity index (χ4n) is 2.71. The van der Waals surface area contributed by atoms with E-state index in [1.54, 1.807) is 6.92 Å². The van der Waals surface area contributed by atoms with Gasteiger partial charge in [0.15, 0.2) is 5.82 Å². The second kappa shape index (κ2) is 6.59. The van der Waals surface area contributed by atoms with Crippen molar-refractivity contribution in [2.45, 2.75) is 36.6 Å². The Balaban J connectivity index is 1.95. The Kier molecular flexibility index (Phi) is 4.75. The number of aryl methyl sites for hydroxylation is 1. The number of hydrogen-bond donors (Lipinski definition) is 0. The molecule has 0 radical (unpaired) electrons. The van der Waals surface area contributed by atoms with E-state index in [2.05, 4.69) is 15.1 Å². The van der Waals surface area contributed by atoms with Gasteiger partial charge in [-0.1, -0.05) is 5.16 Å². The Hall–Kier alpha value is -2.05. The average Bonchev–Trinajstić information content (AvgIpc) is 3.20. The van der Waals surface area contributed by atoms with Gasteiger partial charge in [-0.25, -0.2) is 8.42 Å². The molecule has 0 unspecified atom stereocenters. The molecule has 8 nitrogen and oxygen atoms in total. The fourth-order valence-corrected chi connectivity index (χ4v) is 4.28. The first-order chi connectivity index (χ1) is 12.1. The number of halogens is 3. The molecular weight excluding hydrogens is 377 g/mol. The van der Waals surface area contributed by atoms with Crippen molar-refractivity contribution in [2.24, 2.45) is 0 Å². The lowest BCUT2D eigenvalue weighted by molar-refractivity contribution is -0.141. The highest BCUT2D eigenvalue weighted by Gasteiger charge is 2.44. The van der Waals surface area contributed by atoms with E-state index in [0.717, 1.165) is 10.4 Å². The Labute approximate surface area is 147 Å². The number of methoxy groups -OCH3 is 1. The normalized spacial score (nSPS) is 22.0. The molecule has 26 heavy (non-hydrogen) atoms. The largest absolute Gasteiger partial charge is 0.433 e. The van der Waals surface area contributed by atoms with Gasteiger partial charge in [0.25, 0.3) is 0 Å². The highest BCUT2D eigenvalue weighted by atomic mass is 32.2. The minimum absolute atomic E-state index is 0.00590. The van der Waals surface area contributed by atoms with Crippen LogP contribution >= 0.6 is 0 Å². The Morgan fingerprint density at radius 1 is 1.35 bits per heavy atom. The number of pyridine rings is 1. The standard InChI is InChI=1S/C14H15F3N4O4S/c1-8-19-13(25-20-8)11-5-9(24-2)7-21(11)26(22,23)10-3-4-12(18-6-10)14(15,16)17/h3-4,6,9,11H,5,7H2,1-2H3/t9-,11+/m0/s1. The molecule has 1 saturated heterocycles. The van der Waals surface area contributed by atoms with Gasteiger partial charge < -0.3 is 9.26 Å². The molecule has 0 aromatic carbocycles. The number of rotatable bonds is 4. The van der Waals surface area contributed by atoms with Crippen molar-refractivity contribution in [2.75, 3.05) is 13.7 Å². The third-order valence-corrected chi connectivity index (χ3v) is 5.87. The Bertz CT molecular complexity index is 882. The second-order valence-corrected chi connectivity index (χ2v) is 7.63. The van der Waals surface area contributed by atoms with Crippen LogP contribution in [0.15, 0.2) is 27.7 Å². The van der Waals surface area contributed by atoms with Gasteiger partial charge in [0, 0.05) is 26.3 Å². The zero-order valence-electron chi connectivity index (χ0n) is 13.8. The molecular formula is C14H15F3N4O4S. The molecule has 0 saturated carbocycles. The van der Waals surface area contributed by atoms with Crippen LogP contribution in [0.3, 0.4) is 0 Å². The van der Waals surface area contributed by atoms with Crippen molar-refractivity contribution in [3.63, 3.8) is 0 Å². The van der Waals surface area contributed by atoms with Crippen LogP contribution < -0.4 is 0 Å². The quantitative estimate of drug-likeness (QED) is 0.784. The topological polar surface area (TPSA) is 98.4 Å². The van der Waals surface area contributed by atoms with Crippen molar-refractivity contribution in [1.29, 1.82) is 0 Å². The van der Waals surface area contributed by atoms with Gasteiger partial charge in [0.05, 0.1) is 6.10 Å². The smallest absolute Gasteiger partial charge is 0.380 e. The number of alkyl halides is 3. The molecule has 0 bridgehead atoms. The molecule has 2 aromatic rings. The summed E-state index contributed by atoms with van der Waals surface area (Å²) in [6.07, 6.45) is -4.09. The fraction of sp³-hybridized carbons (Fsp3) is 0.500. The maximum absolute atomic E-state index is 12.9. The van der Waals surface area contributed by atoms with Crippen LogP contribution in [-0.2, 0) is 20.9 Å². The Morgan fingerprint density at radius 2 is 2.08 bits per heavy atom. The molecule has 0 N–H and O–H groups in total. The highest BCUT2D eigenvalue weighted by molar-refractivity contribution is 7.89. The maximum Gasteiger partial charge on any atom is 0.433 e. The van der Waals surface area contributed by atoms with Crippen LogP contribution in [0.5, 0.6) is 0 Å². The lowest BCUT2D eigenvalue weighted by Gasteiger charge is -2.21. The van der Waals surface area contributed by atoms with Gasteiger partial charge in [0.2, 0.25) is 15.9 Å². The molecule has 0 spiro atoms. The summed E-state index contributed by atoms with van der Waals surface area (Å²) in [5, 5.41) is 3.65. The zero-order chi connectivity index (χ0) is 19.1. The van der Waals surface area contributed by atoms with Gasteiger partial charge in [-0.2, -0.15) is 22.5 Å². The van der Waals surface area contributed by atoms with Crippen molar-refractivity contribution >= 4 is 10.0 Å². The molecule has 3 heterocycles. The van der Waals surface area contributed by atoms with E-state index in [1.807, 2.05) is 0 Å². The number of nitrogens with zero attached hydrogens (tertiary/aromatic N) is 4. The first-order valence-corrected chi connectivity index (χ1v) is 8.95. The summed E-state index contributed by atoms with van der Waals surface area (Å²) in [6.45, 7) is 1.60. The number of ether oxygens (including phenoxy) is 1. The first-order valence-electron chi connectivity index (χ1n) is 7.51. The lowest BCUT2D eigenvalue weighted by Crippen LogP contribution is -2.32. The second-order valence-electron chi connectivity index (χ2n) is 5.74. The molecule has 2 aromatic heterocycles. The summed E-state index contributed by atoms with van der Waals surface area (Å²) in [7, 11) is -2.70.